The van der Waals surface area contributed by atoms with E-state index in [1.807, 2.05) is 20.8 Å². The van der Waals surface area contributed by atoms with Gasteiger partial charge in [-0.2, -0.15) is 0 Å². The highest BCUT2D eigenvalue weighted by Crippen LogP contribution is 2.22. The Morgan fingerprint density at radius 1 is 1.53 bits per heavy atom. The van der Waals surface area contributed by atoms with Crippen molar-refractivity contribution >= 4 is 37.3 Å². The lowest BCUT2D eigenvalue weighted by atomic mass is 10.0. The van der Waals surface area contributed by atoms with E-state index >= 15 is 0 Å². The molecule has 1 aromatic rings. The lowest BCUT2D eigenvalue weighted by Crippen LogP contribution is -2.48. The van der Waals surface area contributed by atoms with Crippen LogP contribution in [-0.2, 0) is 10.0 Å². The van der Waals surface area contributed by atoms with Gasteiger partial charge in [-0.25, -0.2) is 13.1 Å². The average Bonchev–Trinajstić information content (AvgIpc) is 2.53. The first-order valence-corrected chi connectivity index (χ1v) is 7.75. The van der Waals surface area contributed by atoms with Gasteiger partial charge in [0.05, 0.1) is 0 Å². The van der Waals surface area contributed by atoms with Crippen LogP contribution in [0.4, 0.5) is 0 Å². The Labute approximate surface area is 103 Å². The molecule has 6 heteroatoms. The maximum absolute atomic E-state index is 11.9. The van der Waals surface area contributed by atoms with E-state index in [2.05, 4.69) is 20.7 Å². The number of sulfonamides is 1. The summed E-state index contributed by atoms with van der Waals surface area (Å²) < 4.78 is 26.8. The lowest BCUT2D eigenvalue weighted by Gasteiger charge is -2.28. The van der Waals surface area contributed by atoms with Crippen molar-refractivity contribution in [3.05, 3.63) is 17.5 Å². The van der Waals surface area contributed by atoms with Gasteiger partial charge >= 0.3 is 0 Å². The summed E-state index contributed by atoms with van der Waals surface area (Å²) in [7, 11) is -3.38. The number of thiophene rings is 1. The van der Waals surface area contributed by atoms with Crippen molar-refractivity contribution in [3.8, 4) is 0 Å². The summed E-state index contributed by atoms with van der Waals surface area (Å²) >= 11 is 4.60. The summed E-state index contributed by atoms with van der Waals surface area (Å²) in [5, 5.41) is 1.75. The maximum Gasteiger partial charge on any atom is 0.250 e. The Morgan fingerprint density at radius 2 is 2.13 bits per heavy atom. The van der Waals surface area contributed by atoms with Crippen molar-refractivity contribution in [2.24, 2.45) is 0 Å². The maximum atomic E-state index is 11.9. The van der Waals surface area contributed by atoms with Crippen molar-refractivity contribution < 1.29 is 8.42 Å². The fourth-order valence-corrected chi connectivity index (χ4v) is 3.63. The van der Waals surface area contributed by atoms with Gasteiger partial charge in [-0.3, -0.25) is 0 Å². The summed E-state index contributed by atoms with van der Waals surface area (Å²) in [6, 6.07) is 3.33. The monoisotopic (exact) mass is 311 g/mol. The molecule has 0 bridgehead atoms. The Balaban J connectivity index is 2.92. The van der Waals surface area contributed by atoms with E-state index in [-0.39, 0.29) is 4.83 Å². The van der Waals surface area contributed by atoms with E-state index in [0.717, 1.165) is 0 Å². The van der Waals surface area contributed by atoms with E-state index in [4.69, 9.17) is 0 Å². The Hall–Kier alpha value is 0.0900. The minimum absolute atomic E-state index is 0.0553. The van der Waals surface area contributed by atoms with Crippen LogP contribution in [0.1, 0.15) is 20.8 Å². The van der Waals surface area contributed by atoms with Crippen LogP contribution >= 0.6 is 27.3 Å². The van der Waals surface area contributed by atoms with Crippen molar-refractivity contribution in [2.75, 3.05) is 0 Å². The van der Waals surface area contributed by atoms with Crippen LogP contribution in [0, 0.1) is 0 Å². The van der Waals surface area contributed by atoms with E-state index in [1.165, 1.54) is 11.3 Å². The Kier molecular flexibility index (Phi) is 3.97. The van der Waals surface area contributed by atoms with Crippen molar-refractivity contribution in [2.45, 2.75) is 35.3 Å². The van der Waals surface area contributed by atoms with Gasteiger partial charge in [0.2, 0.25) is 0 Å². The van der Waals surface area contributed by atoms with E-state index in [1.54, 1.807) is 17.5 Å². The SMILES string of the molecule is CC(Br)C(C)(C)NS(=O)(=O)c1cccs1. The molecule has 0 spiro atoms. The zero-order chi connectivity index (χ0) is 11.7. The van der Waals surface area contributed by atoms with E-state index < -0.39 is 15.6 Å². The highest BCUT2D eigenvalue weighted by molar-refractivity contribution is 9.09. The molecule has 0 amide bonds. The first-order chi connectivity index (χ1) is 6.76. The molecular formula is C9H14BrNO2S2. The summed E-state index contributed by atoms with van der Waals surface area (Å²) in [6.45, 7) is 5.60. The molecule has 86 valence electrons. The van der Waals surface area contributed by atoms with Crippen LogP contribution in [0.2, 0.25) is 0 Å². The molecule has 0 aliphatic rings. The van der Waals surface area contributed by atoms with Crippen molar-refractivity contribution in [1.29, 1.82) is 0 Å². The van der Waals surface area contributed by atoms with Gasteiger partial charge in [-0.1, -0.05) is 28.9 Å². The van der Waals surface area contributed by atoms with Gasteiger partial charge in [0, 0.05) is 10.4 Å². The van der Waals surface area contributed by atoms with E-state index in [9.17, 15) is 8.42 Å². The van der Waals surface area contributed by atoms with Crippen LogP contribution in [0.5, 0.6) is 0 Å². The Morgan fingerprint density at radius 3 is 2.53 bits per heavy atom. The summed E-state index contributed by atoms with van der Waals surface area (Å²) in [4.78, 5) is 0.0553. The second kappa shape index (κ2) is 4.53. The smallest absolute Gasteiger partial charge is 0.206 e. The fraction of sp³-hybridized carbons (Fsp3) is 0.556. The molecule has 0 aliphatic carbocycles. The zero-order valence-electron chi connectivity index (χ0n) is 8.82. The first-order valence-electron chi connectivity index (χ1n) is 4.47. The van der Waals surface area contributed by atoms with Gasteiger partial charge in [0.1, 0.15) is 4.21 Å². The molecule has 1 heterocycles. The largest absolute Gasteiger partial charge is 0.250 e. The molecule has 3 nitrogen and oxygen atoms in total. The predicted octanol–water partition coefficient (Wildman–Crippen LogP) is 2.59. The summed E-state index contributed by atoms with van der Waals surface area (Å²) in [5.41, 5.74) is -0.511. The highest BCUT2D eigenvalue weighted by Gasteiger charge is 2.30. The first kappa shape index (κ1) is 13.2. The Bertz CT molecular complexity index is 409. The number of rotatable bonds is 4. The molecule has 0 fully saturated rings. The molecular weight excluding hydrogens is 298 g/mol. The minimum Gasteiger partial charge on any atom is -0.206 e. The molecule has 1 aromatic heterocycles. The van der Waals surface area contributed by atoms with Gasteiger partial charge in [-0.05, 0) is 25.3 Å². The third-order valence-corrected chi connectivity index (χ3v) is 6.37. The van der Waals surface area contributed by atoms with Crippen LogP contribution in [-0.4, -0.2) is 18.8 Å². The molecule has 1 unspecified atom stereocenters. The second-order valence-electron chi connectivity index (χ2n) is 3.88. The third kappa shape index (κ3) is 3.27. The molecule has 15 heavy (non-hydrogen) atoms. The van der Waals surface area contributed by atoms with Gasteiger partial charge in [-0.15, -0.1) is 11.3 Å². The normalized spacial score (nSPS) is 15.2. The minimum atomic E-state index is -3.38. The number of hydrogen-bond acceptors (Lipinski definition) is 3. The van der Waals surface area contributed by atoms with Crippen molar-refractivity contribution in [1.82, 2.24) is 4.72 Å². The van der Waals surface area contributed by atoms with Crippen molar-refractivity contribution in [3.63, 3.8) is 0 Å². The molecule has 0 saturated heterocycles. The highest BCUT2D eigenvalue weighted by atomic mass is 79.9. The number of halogens is 1. The van der Waals surface area contributed by atoms with Gasteiger partial charge in [0.15, 0.2) is 0 Å². The number of hydrogen-bond donors (Lipinski definition) is 1. The molecule has 0 aromatic carbocycles. The standard InChI is InChI=1S/C9H14BrNO2S2/c1-7(10)9(2,3)11-15(12,13)8-5-4-6-14-8/h4-7,11H,1-3H3. The van der Waals surface area contributed by atoms with Crippen LogP contribution in [0.25, 0.3) is 0 Å². The van der Waals surface area contributed by atoms with E-state index in [0.29, 0.717) is 4.21 Å². The fourth-order valence-electron chi connectivity index (χ4n) is 0.894. The zero-order valence-corrected chi connectivity index (χ0v) is 12.0. The quantitative estimate of drug-likeness (QED) is 0.869. The van der Waals surface area contributed by atoms with Gasteiger partial charge in [0.25, 0.3) is 10.0 Å². The lowest BCUT2D eigenvalue weighted by molar-refractivity contribution is 0.454. The molecule has 0 radical (unpaired) electrons. The second-order valence-corrected chi connectivity index (χ2v) is 8.11. The topological polar surface area (TPSA) is 46.2 Å². The summed E-state index contributed by atoms with van der Waals surface area (Å²) in [5.74, 6) is 0. The van der Waals surface area contributed by atoms with Crippen LogP contribution < -0.4 is 4.72 Å². The average molecular weight is 312 g/mol. The molecule has 1 N–H and O–H groups in total. The van der Waals surface area contributed by atoms with Crippen LogP contribution in [0.3, 0.4) is 0 Å². The van der Waals surface area contributed by atoms with Gasteiger partial charge < -0.3 is 0 Å². The molecule has 1 atom stereocenters. The molecule has 0 saturated carbocycles. The number of nitrogens with one attached hydrogen (secondary N) is 1. The van der Waals surface area contributed by atoms with Crippen LogP contribution in [0.15, 0.2) is 21.7 Å². The predicted molar refractivity (Wildman–Crippen MR) is 67.1 cm³/mol. The summed E-state index contributed by atoms with van der Waals surface area (Å²) in [6.07, 6.45) is 0. The number of alkyl halides is 1. The third-order valence-electron chi connectivity index (χ3n) is 2.15. The molecule has 0 aliphatic heterocycles. The molecule has 1 rings (SSSR count).